The van der Waals surface area contributed by atoms with E-state index in [1.165, 1.54) is 6.92 Å². The molecule has 0 atom stereocenters. The quantitative estimate of drug-likeness (QED) is 0.459. The van der Waals surface area contributed by atoms with Crippen LogP contribution in [-0.4, -0.2) is 15.9 Å². The van der Waals surface area contributed by atoms with Crippen molar-refractivity contribution < 1.29 is 14.2 Å². The Hall–Kier alpha value is -2.50. The normalized spacial score (nSPS) is 10.2. The Labute approximate surface area is 96.0 Å². The monoisotopic (exact) mass is 232 g/mol. The van der Waals surface area contributed by atoms with E-state index >= 15 is 0 Å². The molecule has 2 rings (SSSR count). The fourth-order valence-corrected chi connectivity index (χ4v) is 1.46. The Balaban J connectivity index is 2.49. The number of hydrogen-bond donors (Lipinski definition) is 0. The molecule has 0 aliphatic heterocycles. The molecule has 0 bridgehead atoms. The minimum Gasteiger partial charge on any atom is -0.353 e. The summed E-state index contributed by atoms with van der Waals surface area (Å²) in [5.41, 5.74) is -0.304. The van der Waals surface area contributed by atoms with Crippen molar-refractivity contribution in [3.05, 3.63) is 57.5 Å². The minimum atomic E-state index is -0.665. The van der Waals surface area contributed by atoms with Crippen LogP contribution in [0.2, 0.25) is 0 Å². The van der Waals surface area contributed by atoms with Crippen LogP contribution in [0.4, 0.5) is 5.69 Å². The van der Waals surface area contributed by atoms with Gasteiger partial charge in [-0.2, -0.15) is 0 Å². The summed E-state index contributed by atoms with van der Waals surface area (Å²) in [4.78, 5) is 22.1. The summed E-state index contributed by atoms with van der Waals surface area (Å²) >= 11 is 0. The zero-order valence-electron chi connectivity index (χ0n) is 8.91. The standard InChI is InChI=1S/C11H8N2O4/c1-7-10(13(15)16)9(12-17-7)11(14)8-5-3-2-4-6-8/h2-6H,1H3. The molecule has 1 aromatic heterocycles. The van der Waals surface area contributed by atoms with E-state index in [4.69, 9.17) is 0 Å². The van der Waals surface area contributed by atoms with Crippen LogP contribution in [0.1, 0.15) is 21.8 Å². The molecule has 0 aliphatic rings. The number of hydrogen-bond acceptors (Lipinski definition) is 5. The lowest BCUT2D eigenvalue weighted by Gasteiger charge is -1.95. The summed E-state index contributed by atoms with van der Waals surface area (Å²) in [6.07, 6.45) is 0. The highest BCUT2D eigenvalue weighted by Crippen LogP contribution is 2.24. The molecule has 0 N–H and O–H groups in total. The first kappa shape index (κ1) is 11.0. The second-order valence-corrected chi connectivity index (χ2v) is 3.39. The first-order valence-corrected chi connectivity index (χ1v) is 4.81. The SMILES string of the molecule is Cc1onc(C(=O)c2ccccc2)c1[N+](=O)[O-]. The van der Waals surface area contributed by atoms with E-state index in [2.05, 4.69) is 9.68 Å². The number of aryl methyl sites for hydroxylation is 1. The molecule has 0 saturated carbocycles. The van der Waals surface area contributed by atoms with Crippen molar-refractivity contribution >= 4 is 11.5 Å². The fourth-order valence-electron chi connectivity index (χ4n) is 1.46. The van der Waals surface area contributed by atoms with Gasteiger partial charge in [0.05, 0.1) is 4.92 Å². The highest BCUT2D eigenvalue weighted by Gasteiger charge is 2.29. The van der Waals surface area contributed by atoms with E-state index < -0.39 is 10.7 Å². The molecule has 0 saturated heterocycles. The van der Waals surface area contributed by atoms with Crippen LogP contribution in [0.5, 0.6) is 0 Å². The van der Waals surface area contributed by atoms with E-state index in [1.54, 1.807) is 30.3 Å². The summed E-state index contributed by atoms with van der Waals surface area (Å²) in [6, 6.07) is 8.23. The van der Waals surface area contributed by atoms with Crippen LogP contribution in [0.15, 0.2) is 34.9 Å². The van der Waals surface area contributed by atoms with Crippen molar-refractivity contribution in [2.24, 2.45) is 0 Å². The van der Waals surface area contributed by atoms with Crippen molar-refractivity contribution in [2.75, 3.05) is 0 Å². The van der Waals surface area contributed by atoms with Gasteiger partial charge in [0, 0.05) is 12.5 Å². The topological polar surface area (TPSA) is 86.2 Å². The first-order valence-electron chi connectivity index (χ1n) is 4.81. The van der Waals surface area contributed by atoms with Gasteiger partial charge in [-0.3, -0.25) is 14.9 Å². The van der Waals surface area contributed by atoms with Gasteiger partial charge in [-0.05, 0) is 0 Å². The van der Waals surface area contributed by atoms with Gasteiger partial charge in [0.25, 0.3) is 0 Å². The molecular formula is C11H8N2O4. The molecule has 1 heterocycles. The second-order valence-electron chi connectivity index (χ2n) is 3.39. The molecule has 0 spiro atoms. The number of ketones is 1. The van der Waals surface area contributed by atoms with Crippen molar-refractivity contribution in [1.29, 1.82) is 0 Å². The van der Waals surface area contributed by atoms with Crippen LogP contribution in [0, 0.1) is 17.0 Å². The lowest BCUT2D eigenvalue weighted by atomic mass is 10.1. The zero-order chi connectivity index (χ0) is 12.4. The van der Waals surface area contributed by atoms with E-state index in [1.807, 2.05) is 0 Å². The second kappa shape index (κ2) is 4.17. The molecule has 2 aromatic rings. The number of nitro groups is 1. The molecule has 86 valence electrons. The predicted octanol–water partition coefficient (Wildman–Crippen LogP) is 2.12. The highest BCUT2D eigenvalue weighted by atomic mass is 16.6. The number of aromatic nitrogens is 1. The molecule has 0 fully saturated rings. The maximum absolute atomic E-state index is 12.0. The summed E-state index contributed by atoms with van der Waals surface area (Å²) in [7, 11) is 0. The molecule has 0 radical (unpaired) electrons. The molecule has 6 nitrogen and oxygen atoms in total. The summed E-state index contributed by atoms with van der Waals surface area (Å²) in [6.45, 7) is 1.40. The van der Waals surface area contributed by atoms with Crippen LogP contribution >= 0.6 is 0 Å². The molecule has 0 amide bonds. The average molecular weight is 232 g/mol. The minimum absolute atomic E-state index is 0.0225. The average Bonchev–Trinajstić information content (AvgIpc) is 2.71. The maximum Gasteiger partial charge on any atom is 0.342 e. The Morgan fingerprint density at radius 2 is 2.00 bits per heavy atom. The van der Waals surface area contributed by atoms with Crippen LogP contribution in [-0.2, 0) is 0 Å². The summed E-state index contributed by atoms with van der Waals surface area (Å²) in [5.74, 6) is -0.497. The van der Waals surface area contributed by atoms with Gasteiger partial charge in [0.2, 0.25) is 17.2 Å². The van der Waals surface area contributed by atoms with Crippen LogP contribution in [0.25, 0.3) is 0 Å². The lowest BCUT2D eigenvalue weighted by Crippen LogP contribution is -2.05. The van der Waals surface area contributed by atoms with Gasteiger partial charge in [-0.25, -0.2) is 0 Å². The fraction of sp³-hybridized carbons (Fsp3) is 0.0909. The van der Waals surface area contributed by atoms with Gasteiger partial charge < -0.3 is 4.52 Å². The smallest absolute Gasteiger partial charge is 0.342 e. The molecule has 17 heavy (non-hydrogen) atoms. The molecule has 0 aliphatic carbocycles. The zero-order valence-corrected chi connectivity index (χ0v) is 8.91. The Kier molecular flexibility index (Phi) is 2.70. The Morgan fingerprint density at radius 1 is 1.35 bits per heavy atom. The maximum atomic E-state index is 12.0. The van der Waals surface area contributed by atoms with Crippen LogP contribution < -0.4 is 0 Å². The molecular weight excluding hydrogens is 224 g/mol. The third-order valence-corrected chi connectivity index (χ3v) is 2.27. The number of carbonyl (C=O) groups is 1. The summed E-state index contributed by atoms with van der Waals surface area (Å²) in [5, 5.41) is 14.2. The number of benzene rings is 1. The van der Waals surface area contributed by atoms with E-state index in [-0.39, 0.29) is 17.1 Å². The van der Waals surface area contributed by atoms with Gasteiger partial charge in [-0.1, -0.05) is 35.5 Å². The lowest BCUT2D eigenvalue weighted by molar-refractivity contribution is -0.386. The Morgan fingerprint density at radius 3 is 2.59 bits per heavy atom. The third-order valence-electron chi connectivity index (χ3n) is 2.27. The van der Waals surface area contributed by atoms with Crippen LogP contribution in [0.3, 0.4) is 0 Å². The molecule has 6 heteroatoms. The number of rotatable bonds is 3. The van der Waals surface area contributed by atoms with E-state index in [0.29, 0.717) is 5.56 Å². The number of carbonyl (C=O) groups excluding carboxylic acids is 1. The highest BCUT2D eigenvalue weighted by molar-refractivity contribution is 6.10. The van der Waals surface area contributed by atoms with Gasteiger partial charge in [0.1, 0.15) is 0 Å². The van der Waals surface area contributed by atoms with Gasteiger partial charge in [-0.15, -0.1) is 0 Å². The van der Waals surface area contributed by atoms with Crippen molar-refractivity contribution in [2.45, 2.75) is 6.92 Å². The van der Waals surface area contributed by atoms with Gasteiger partial charge in [0.15, 0.2) is 0 Å². The van der Waals surface area contributed by atoms with Crippen molar-refractivity contribution in [3.63, 3.8) is 0 Å². The number of nitrogens with zero attached hydrogens (tertiary/aromatic N) is 2. The largest absolute Gasteiger partial charge is 0.353 e. The van der Waals surface area contributed by atoms with Crippen molar-refractivity contribution in [3.8, 4) is 0 Å². The first-order chi connectivity index (χ1) is 8.11. The summed E-state index contributed by atoms with van der Waals surface area (Å²) < 4.78 is 4.69. The third kappa shape index (κ3) is 1.92. The Bertz CT molecular complexity index is 574. The van der Waals surface area contributed by atoms with E-state index in [0.717, 1.165) is 0 Å². The molecule has 1 aromatic carbocycles. The predicted molar refractivity (Wildman–Crippen MR) is 57.8 cm³/mol. The van der Waals surface area contributed by atoms with E-state index in [9.17, 15) is 14.9 Å². The van der Waals surface area contributed by atoms with Crippen molar-refractivity contribution in [1.82, 2.24) is 5.16 Å². The van der Waals surface area contributed by atoms with Gasteiger partial charge >= 0.3 is 5.69 Å². The molecule has 0 unspecified atom stereocenters.